The first kappa shape index (κ1) is 20.7. The van der Waals surface area contributed by atoms with Crippen LogP contribution < -0.4 is 15.5 Å². The third-order valence-electron chi connectivity index (χ3n) is 4.63. The zero-order valence-corrected chi connectivity index (χ0v) is 17.2. The van der Waals surface area contributed by atoms with Gasteiger partial charge < -0.3 is 15.5 Å². The molecule has 0 radical (unpaired) electrons. The molecule has 2 aromatic rings. The lowest BCUT2D eigenvalue weighted by molar-refractivity contribution is 0.102. The molecular weight excluding hydrogens is 336 g/mol. The van der Waals surface area contributed by atoms with E-state index in [2.05, 4.69) is 54.3 Å². The van der Waals surface area contributed by atoms with Crippen LogP contribution in [-0.2, 0) is 0 Å². The third-order valence-corrected chi connectivity index (χ3v) is 4.63. The minimum atomic E-state index is -0.193. The average Bonchev–Trinajstić information content (AvgIpc) is 2.64. The summed E-state index contributed by atoms with van der Waals surface area (Å²) < 4.78 is 0. The number of hydrogen-bond donors (Lipinski definition) is 2. The van der Waals surface area contributed by atoms with Gasteiger partial charge in [-0.05, 0) is 69.0 Å². The van der Waals surface area contributed by atoms with Gasteiger partial charge in [-0.15, -0.1) is 0 Å². The normalized spacial score (nSPS) is 10.7. The maximum Gasteiger partial charge on any atom is 0.274 e. The number of benzene rings is 1. The van der Waals surface area contributed by atoms with Crippen LogP contribution in [0.1, 0.15) is 50.2 Å². The number of carbonyl (C=O) groups is 1. The Kier molecular flexibility index (Phi) is 7.65. The zero-order chi connectivity index (χ0) is 19.8. The van der Waals surface area contributed by atoms with Crippen LogP contribution in [0.25, 0.3) is 0 Å². The van der Waals surface area contributed by atoms with Gasteiger partial charge >= 0.3 is 0 Å². The molecule has 5 nitrogen and oxygen atoms in total. The van der Waals surface area contributed by atoms with Crippen molar-refractivity contribution in [2.24, 2.45) is 5.92 Å². The molecule has 0 saturated heterocycles. The smallest absolute Gasteiger partial charge is 0.274 e. The van der Waals surface area contributed by atoms with Crippen molar-refractivity contribution in [3.05, 3.63) is 47.8 Å². The fourth-order valence-corrected chi connectivity index (χ4v) is 2.93. The lowest BCUT2D eigenvalue weighted by Gasteiger charge is -2.22. The number of carbonyl (C=O) groups excluding carboxylic acids is 1. The summed E-state index contributed by atoms with van der Waals surface area (Å²) in [4.78, 5) is 19.1. The summed E-state index contributed by atoms with van der Waals surface area (Å²) in [5, 5.41) is 6.34. The Balaban J connectivity index is 2.06. The highest BCUT2D eigenvalue weighted by Crippen LogP contribution is 2.23. The summed E-state index contributed by atoms with van der Waals surface area (Å²) in [5.74, 6) is 0.450. The number of aryl methyl sites for hydroxylation is 1. The fourth-order valence-electron chi connectivity index (χ4n) is 2.93. The summed E-state index contributed by atoms with van der Waals surface area (Å²) in [7, 11) is 0. The second-order valence-electron chi connectivity index (χ2n) is 7.16. The highest BCUT2D eigenvalue weighted by molar-refractivity contribution is 6.03. The van der Waals surface area contributed by atoms with Crippen molar-refractivity contribution in [2.75, 3.05) is 35.2 Å². The van der Waals surface area contributed by atoms with Crippen LogP contribution in [0.4, 0.5) is 17.1 Å². The van der Waals surface area contributed by atoms with Crippen molar-refractivity contribution in [1.82, 2.24) is 4.98 Å². The number of pyridine rings is 1. The quantitative estimate of drug-likeness (QED) is 0.658. The predicted molar refractivity (Wildman–Crippen MR) is 115 cm³/mol. The molecular formula is C22H32N4O. The summed E-state index contributed by atoms with van der Waals surface area (Å²) in [6, 6.07) is 9.81. The van der Waals surface area contributed by atoms with Gasteiger partial charge in [-0.3, -0.25) is 9.78 Å². The molecule has 1 heterocycles. The zero-order valence-electron chi connectivity index (χ0n) is 17.2. The molecule has 2 rings (SSSR count). The molecule has 1 aromatic carbocycles. The van der Waals surface area contributed by atoms with Gasteiger partial charge in [-0.25, -0.2) is 0 Å². The Labute approximate surface area is 163 Å². The van der Waals surface area contributed by atoms with E-state index < -0.39 is 0 Å². The van der Waals surface area contributed by atoms with E-state index in [4.69, 9.17) is 0 Å². The van der Waals surface area contributed by atoms with Gasteiger partial charge in [0.1, 0.15) is 5.69 Å². The SMILES string of the molecule is CCN(CC)c1ccc(NC(=O)c2cc(NCCC(C)C)ccn2)c(C)c1. The average molecular weight is 369 g/mol. The molecule has 146 valence electrons. The predicted octanol–water partition coefficient (Wildman–Crippen LogP) is 4.95. The van der Waals surface area contributed by atoms with E-state index >= 15 is 0 Å². The second kappa shape index (κ2) is 9.95. The highest BCUT2D eigenvalue weighted by atomic mass is 16.1. The van der Waals surface area contributed by atoms with Crippen LogP contribution in [0, 0.1) is 12.8 Å². The number of nitrogens with one attached hydrogen (secondary N) is 2. The van der Waals surface area contributed by atoms with Gasteiger partial charge in [-0.2, -0.15) is 0 Å². The van der Waals surface area contributed by atoms with Gasteiger partial charge in [0.2, 0.25) is 0 Å². The molecule has 0 fully saturated rings. The van der Waals surface area contributed by atoms with Crippen molar-refractivity contribution in [3.8, 4) is 0 Å². The van der Waals surface area contributed by atoms with E-state index in [1.54, 1.807) is 12.3 Å². The molecule has 1 aromatic heterocycles. The molecule has 2 N–H and O–H groups in total. The number of nitrogens with zero attached hydrogens (tertiary/aromatic N) is 2. The van der Waals surface area contributed by atoms with Crippen LogP contribution in [-0.4, -0.2) is 30.5 Å². The molecule has 0 spiro atoms. The lowest BCUT2D eigenvalue weighted by atomic mass is 10.1. The minimum absolute atomic E-state index is 0.193. The molecule has 1 amide bonds. The van der Waals surface area contributed by atoms with E-state index in [9.17, 15) is 4.79 Å². The van der Waals surface area contributed by atoms with E-state index in [1.807, 2.05) is 25.1 Å². The van der Waals surface area contributed by atoms with Crippen LogP contribution in [0.15, 0.2) is 36.5 Å². The van der Waals surface area contributed by atoms with Crippen LogP contribution in [0.3, 0.4) is 0 Å². The van der Waals surface area contributed by atoms with Gasteiger partial charge in [0.25, 0.3) is 5.91 Å². The molecule has 0 aliphatic heterocycles. The Hall–Kier alpha value is -2.56. The standard InChI is InChI=1S/C22H32N4O/c1-6-26(7-2)19-8-9-20(17(5)14-19)25-22(27)21-15-18(11-13-24-21)23-12-10-16(3)4/h8-9,11,13-16H,6-7,10,12H2,1-5H3,(H,23,24)(H,25,27). The summed E-state index contributed by atoms with van der Waals surface area (Å²) in [6.07, 6.45) is 2.75. The van der Waals surface area contributed by atoms with Gasteiger partial charge in [0.05, 0.1) is 0 Å². The fraction of sp³-hybridized carbons (Fsp3) is 0.455. The number of aromatic nitrogens is 1. The molecule has 0 unspecified atom stereocenters. The number of anilines is 3. The first-order chi connectivity index (χ1) is 12.9. The molecule has 0 bridgehead atoms. The van der Waals surface area contributed by atoms with E-state index in [0.29, 0.717) is 11.6 Å². The largest absolute Gasteiger partial charge is 0.385 e. The monoisotopic (exact) mass is 368 g/mol. The number of amides is 1. The maximum absolute atomic E-state index is 12.6. The van der Waals surface area contributed by atoms with Crippen LogP contribution in [0.5, 0.6) is 0 Å². The van der Waals surface area contributed by atoms with Crippen LogP contribution in [0.2, 0.25) is 0 Å². The molecule has 27 heavy (non-hydrogen) atoms. The topological polar surface area (TPSA) is 57.3 Å². The maximum atomic E-state index is 12.6. The molecule has 0 aliphatic rings. The Morgan fingerprint density at radius 2 is 1.89 bits per heavy atom. The van der Waals surface area contributed by atoms with Crippen molar-refractivity contribution >= 4 is 23.0 Å². The van der Waals surface area contributed by atoms with E-state index in [1.165, 1.54) is 5.69 Å². The molecule has 0 saturated carbocycles. The number of rotatable bonds is 9. The van der Waals surface area contributed by atoms with Gasteiger partial charge in [0, 0.05) is 42.9 Å². The molecule has 5 heteroatoms. The summed E-state index contributed by atoms with van der Waals surface area (Å²) in [5.41, 5.74) is 4.36. The summed E-state index contributed by atoms with van der Waals surface area (Å²) in [6.45, 7) is 13.5. The van der Waals surface area contributed by atoms with Gasteiger partial charge in [0.15, 0.2) is 0 Å². The Morgan fingerprint density at radius 3 is 2.52 bits per heavy atom. The van der Waals surface area contributed by atoms with Crippen molar-refractivity contribution in [3.63, 3.8) is 0 Å². The first-order valence-corrected chi connectivity index (χ1v) is 9.81. The molecule has 0 aliphatic carbocycles. The summed E-state index contributed by atoms with van der Waals surface area (Å²) >= 11 is 0. The number of hydrogen-bond acceptors (Lipinski definition) is 4. The van der Waals surface area contributed by atoms with E-state index in [0.717, 1.165) is 43.0 Å². The Morgan fingerprint density at radius 1 is 1.15 bits per heavy atom. The van der Waals surface area contributed by atoms with Gasteiger partial charge in [-0.1, -0.05) is 13.8 Å². The lowest BCUT2D eigenvalue weighted by Crippen LogP contribution is -2.22. The third kappa shape index (κ3) is 5.98. The Bertz CT molecular complexity index is 754. The van der Waals surface area contributed by atoms with Crippen molar-refractivity contribution < 1.29 is 4.79 Å². The van der Waals surface area contributed by atoms with E-state index in [-0.39, 0.29) is 5.91 Å². The second-order valence-corrected chi connectivity index (χ2v) is 7.16. The van der Waals surface area contributed by atoms with Crippen LogP contribution >= 0.6 is 0 Å². The van der Waals surface area contributed by atoms with Crippen molar-refractivity contribution in [2.45, 2.75) is 41.0 Å². The van der Waals surface area contributed by atoms with Crippen molar-refractivity contribution in [1.29, 1.82) is 0 Å². The molecule has 0 atom stereocenters. The highest BCUT2D eigenvalue weighted by Gasteiger charge is 2.11. The first-order valence-electron chi connectivity index (χ1n) is 9.81. The minimum Gasteiger partial charge on any atom is -0.385 e.